The van der Waals surface area contributed by atoms with Gasteiger partial charge >= 0.3 is 0 Å². The normalized spacial score (nSPS) is 16.4. The summed E-state index contributed by atoms with van der Waals surface area (Å²) in [6.07, 6.45) is 0.0609. The highest BCUT2D eigenvalue weighted by Crippen LogP contribution is 2.30. The molecule has 1 aliphatic heterocycles. The molecule has 1 fully saturated rings. The zero-order valence-corrected chi connectivity index (χ0v) is 19.4. The van der Waals surface area contributed by atoms with E-state index in [1.165, 1.54) is 17.0 Å². The number of aromatic nitrogens is 2. The highest BCUT2D eigenvalue weighted by molar-refractivity contribution is 7.90. The van der Waals surface area contributed by atoms with E-state index < -0.39 is 15.8 Å². The van der Waals surface area contributed by atoms with Gasteiger partial charge in [0.2, 0.25) is 16.9 Å². The highest BCUT2D eigenvalue weighted by Gasteiger charge is 2.35. The predicted octanol–water partition coefficient (Wildman–Crippen LogP) is 3.47. The standard InChI is InChI=1S/C21H19ClN4O4S2/c1-13-7-8-15(10-17(13)22)26-11-14(9-19(26)27)20(28)23-21-25-24-18(31-21)12-32(29,30)16-5-3-2-4-6-16/h2-8,10,14H,9,11-12H2,1H3,(H,23,25,28). The molecule has 1 saturated heterocycles. The first-order valence-corrected chi connectivity index (χ1v) is 12.5. The number of nitrogens with zero attached hydrogens (tertiary/aromatic N) is 3. The number of carbonyl (C=O) groups is 2. The van der Waals surface area contributed by atoms with E-state index in [-0.39, 0.29) is 45.6 Å². The molecule has 0 bridgehead atoms. The van der Waals surface area contributed by atoms with Crippen LogP contribution in [0.25, 0.3) is 0 Å². The Hall–Kier alpha value is -2.82. The van der Waals surface area contributed by atoms with Gasteiger partial charge in [-0.1, -0.05) is 47.2 Å². The van der Waals surface area contributed by atoms with Crippen LogP contribution in [-0.2, 0) is 25.2 Å². The van der Waals surface area contributed by atoms with Gasteiger partial charge in [0, 0.05) is 23.7 Å². The molecule has 1 unspecified atom stereocenters. The monoisotopic (exact) mass is 490 g/mol. The van der Waals surface area contributed by atoms with Crippen molar-refractivity contribution in [3.63, 3.8) is 0 Å². The summed E-state index contributed by atoms with van der Waals surface area (Å²) in [5.41, 5.74) is 1.54. The molecule has 2 heterocycles. The summed E-state index contributed by atoms with van der Waals surface area (Å²) in [6.45, 7) is 2.09. The Morgan fingerprint density at radius 3 is 2.69 bits per heavy atom. The number of hydrogen-bond acceptors (Lipinski definition) is 7. The molecule has 3 aromatic rings. The van der Waals surface area contributed by atoms with Crippen molar-refractivity contribution in [1.82, 2.24) is 10.2 Å². The number of aryl methyl sites for hydroxylation is 1. The molecule has 0 aliphatic carbocycles. The lowest BCUT2D eigenvalue weighted by Gasteiger charge is -2.17. The number of benzene rings is 2. The lowest BCUT2D eigenvalue weighted by atomic mass is 10.1. The second-order valence-corrected chi connectivity index (χ2v) is 10.9. The maximum absolute atomic E-state index is 12.7. The zero-order valence-electron chi connectivity index (χ0n) is 17.0. The van der Waals surface area contributed by atoms with Crippen molar-refractivity contribution in [3.05, 3.63) is 64.1 Å². The second kappa shape index (κ2) is 8.97. The zero-order chi connectivity index (χ0) is 22.9. The minimum atomic E-state index is -3.56. The van der Waals surface area contributed by atoms with E-state index in [0.29, 0.717) is 10.7 Å². The largest absolute Gasteiger partial charge is 0.312 e. The molecule has 1 aromatic heterocycles. The van der Waals surface area contributed by atoms with E-state index in [4.69, 9.17) is 11.6 Å². The molecule has 1 N–H and O–H groups in total. The summed E-state index contributed by atoms with van der Waals surface area (Å²) >= 11 is 7.15. The lowest BCUT2D eigenvalue weighted by molar-refractivity contribution is -0.122. The van der Waals surface area contributed by atoms with Gasteiger partial charge in [0.25, 0.3) is 0 Å². The summed E-state index contributed by atoms with van der Waals surface area (Å²) in [6, 6.07) is 13.4. The number of carbonyl (C=O) groups excluding carboxylic acids is 2. The molecule has 1 atom stereocenters. The molecule has 0 radical (unpaired) electrons. The number of anilines is 2. The average Bonchev–Trinajstić information content (AvgIpc) is 3.36. The summed E-state index contributed by atoms with van der Waals surface area (Å²) in [7, 11) is -3.56. The van der Waals surface area contributed by atoms with Crippen LogP contribution in [0.5, 0.6) is 0 Å². The molecule has 4 rings (SSSR count). The Bertz CT molecular complexity index is 1280. The van der Waals surface area contributed by atoms with Crippen LogP contribution in [0, 0.1) is 12.8 Å². The first-order chi connectivity index (χ1) is 15.2. The molecule has 2 aromatic carbocycles. The number of sulfone groups is 1. The van der Waals surface area contributed by atoms with Crippen molar-refractivity contribution < 1.29 is 18.0 Å². The molecule has 0 saturated carbocycles. The summed E-state index contributed by atoms with van der Waals surface area (Å²) < 4.78 is 25.0. The van der Waals surface area contributed by atoms with Crippen molar-refractivity contribution in [1.29, 1.82) is 0 Å². The third-order valence-corrected chi connectivity index (χ3v) is 8.15. The van der Waals surface area contributed by atoms with Crippen molar-refractivity contribution in [2.24, 2.45) is 5.92 Å². The number of rotatable bonds is 6. The van der Waals surface area contributed by atoms with Crippen molar-refractivity contribution >= 4 is 55.4 Å². The van der Waals surface area contributed by atoms with E-state index >= 15 is 0 Å². The van der Waals surface area contributed by atoms with Crippen LogP contribution >= 0.6 is 22.9 Å². The highest BCUT2D eigenvalue weighted by atomic mass is 35.5. The number of amides is 2. The molecule has 2 amide bonds. The van der Waals surface area contributed by atoms with Gasteiger partial charge in [-0.15, -0.1) is 10.2 Å². The average molecular weight is 491 g/mol. The van der Waals surface area contributed by atoms with Crippen LogP contribution in [-0.4, -0.2) is 37.0 Å². The molecule has 8 nitrogen and oxygen atoms in total. The van der Waals surface area contributed by atoms with E-state index in [1.807, 2.05) is 13.0 Å². The first kappa shape index (κ1) is 22.4. The van der Waals surface area contributed by atoms with Gasteiger partial charge in [0.15, 0.2) is 9.84 Å². The molecule has 0 spiro atoms. The third-order valence-electron chi connectivity index (χ3n) is 5.08. The topological polar surface area (TPSA) is 109 Å². The molecule has 1 aliphatic rings. The van der Waals surface area contributed by atoms with Crippen molar-refractivity contribution in [3.8, 4) is 0 Å². The van der Waals surface area contributed by atoms with E-state index in [2.05, 4.69) is 15.5 Å². The van der Waals surface area contributed by atoms with E-state index in [9.17, 15) is 18.0 Å². The summed E-state index contributed by atoms with van der Waals surface area (Å²) in [4.78, 5) is 26.9. The maximum Gasteiger partial charge on any atom is 0.231 e. The number of hydrogen-bond donors (Lipinski definition) is 1. The quantitative estimate of drug-likeness (QED) is 0.566. The summed E-state index contributed by atoms with van der Waals surface area (Å²) in [5.74, 6) is -1.42. The van der Waals surface area contributed by atoms with E-state index in [0.717, 1.165) is 16.9 Å². The van der Waals surface area contributed by atoms with Crippen LogP contribution < -0.4 is 10.2 Å². The third kappa shape index (κ3) is 4.82. The fraction of sp³-hybridized carbons (Fsp3) is 0.238. The second-order valence-electron chi connectivity index (χ2n) is 7.40. The molecular formula is C21H19ClN4O4S2. The smallest absolute Gasteiger partial charge is 0.231 e. The maximum atomic E-state index is 12.7. The van der Waals surface area contributed by atoms with Crippen molar-refractivity contribution in [2.75, 3.05) is 16.8 Å². The Morgan fingerprint density at radius 2 is 1.97 bits per heavy atom. The van der Waals surface area contributed by atoms with Gasteiger partial charge in [0.1, 0.15) is 10.8 Å². The fourth-order valence-electron chi connectivity index (χ4n) is 3.33. The summed E-state index contributed by atoms with van der Waals surface area (Å²) in [5, 5.41) is 11.4. The van der Waals surface area contributed by atoms with Gasteiger partial charge in [0.05, 0.1) is 10.8 Å². The van der Waals surface area contributed by atoms with Gasteiger partial charge in [-0.3, -0.25) is 9.59 Å². The molecular weight excluding hydrogens is 472 g/mol. The van der Waals surface area contributed by atoms with Gasteiger partial charge in [-0.05, 0) is 36.8 Å². The fourth-order valence-corrected chi connectivity index (χ4v) is 5.86. The van der Waals surface area contributed by atoms with Crippen LogP contribution in [0.1, 0.15) is 17.0 Å². The van der Waals surface area contributed by atoms with Gasteiger partial charge in [-0.2, -0.15) is 0 Å². The molecule has 32 heavy (non-hydrogen) atoms. The van der Waals surface area contributed by atoms with Crippen LogP contribution in [0.3, 0.4) is 0 Å². The van der Waals surface area contributed by atoms with Crippen LogP contribution in [0.15, 0.2) is 53.4 Å². The van der Waals surface area contributed by atoms with Gasteiger partial charge < -0.3 is 10.2 Å². The van der Waals surface area contributed by atoms with Crippen LogP contribution in [0.4, 0.5) is 10.8 Å². The Morgan fingerprint density at radius 1 is 1.22 bits per heavy atom. The minimum Gasteiger partial charge on any atom is -0.312 e. The predicted molar refractivity (Wildman–Crippen MR) is 123 cm³/mol. The minimum absolute atomic E-state index is 0.0609. The lowest BCUT2D eigenvalue weighted by Crippen LogP contribution is -2.28. The number of nitrogens with one attached hydrogen (secondary N) is 1. The molecule has 11 heteroatoms. The van der Waals surface area contributed by atoms with E-state index in [1.54, 1.807) is 30.3 Å². The van der Waals surface area contributed by atoms with Crippen LogP contribution in [0.2, 0.25) is 5.02 Å². The molecule has 166 valence electrons. The Kier molecular flexibility index (Phi) is 6.27. The number of halogens is 1. The first-order valence-electron chi connectivity index (χ1n) is 9.70. The van der Waals surface area contributed by atoms with Crippen molar-refractivity contribution in [2.45, 2.75) is 24.0 Å². The van der Waals surface area contributed by atoms with Gasteiger partial charge in [-0.25, -0.2) is 8.42 Å². The Balaban J connectivity index is 1.40. The SMILES string of the molecule is Cc1ccc(N2CC(C(=O)Nc3nnc(CS(=O)(=O)c4ccccc4)s3)CC2=O)cc1Cl. The Labute approximate surface area is 194 Å².